The van der Waals surface area contributed by atoms with Crippen LogP contribution in [0.2, 0.25) is 0 Å². The Hall–Kier alpha value is -3.61. The molecular weight excluding hydrogens is 386 g/mol. The van der Waals surface area contributed by atoms with Crippen molar-refractivity contribution in [2.24, 2.45) is 5.10 Å². The van der Waals surface area contributed by atoms with E-state index in [1.54, 1.807) is 0 Å². The van der Waals surface area contributed by atoms with Gasteiger partial charge in [-0.2, -0.15) is 5.12 Å². The fraction of sp³-hybridized carbons (Fsp3) is 0.292. The van der Waals surface area contributed by atoms with Crippen LogP contribution >= 0.6 is 0 Å². The molecule has 4 rings (SSSR count). The second-order valence-corrected chi connectivity index (χ2v) is 7.38. The molecule has 4 aliphatic heterocycles. The highest BCUT2D eigenvalue weighted by molar-refractivity contribution is 5.79. The van der Waals surface area contributed by atoms with E-state index in [1.807, 2.05) is 17.3 Å². The van der Waals surface area contributed by atoms with E-state index in [0.29, 0.717) is 0 Å². The van der Waals surface area contributed by atoms with Gasteiger partial charge in [-0.05, 0) is 30.7 Å². The first-order valence-corrected chi connectivity index (χ1v) is 10.9. The summed E-state index contributed by atoms with van der Waals surface area (Å²) < 4.78 is 0. The molecule has 0 fully saturated rings. The van der Waals surface area contributed by atoms with Crippen molar-refractivity contribution in [2.75, 3.05) is 32.7 Å². The summed E-state index contributed by atoms with van der Waals surface area (Å²) in [5.41, 5.74) is 0. The summed E-state index contributed by atoms with van der Waals surface area (Å²) in [4.78, 5) is 0. The molecule has 162 valence electrons. The van der Waals surface area contributed by atoms with Crippen molar-refractivity contribution in [2.45, 2.75) is 13.3 Å². The number of hydrogen-bond donors (Lipinski definition) is 0. The molecule has 0 aromatic heterocycles. The van der Waals surface area contributed by atoms with E-state index in [4.69, 9.17) is 5.10 Å². The van der Waals surface area contributed by atoms with Crippen LogP contribution in [-0.4, -0.2) is 68.8 Å². The Bertz CT molecular complexity index is 844. The summed E-state index contributed by atoms with van der Waals surface area (Å²) in [5, 5.41) is 18.2. The normalized spacial score (nSPS) is 19.7. The van der Waals surface area contributed by atoms with Crippen LogP contribution in [0.3, 0.4) is 0 Å². The van der Waals surface area contributed by atoms with Crippen LogP contribution in [0.4, 0.5) is 0 Å². The van der Waals surface area contributed by atoms with Crippen LogP contribution in [0.1, 0.15) is 13.3 Å². The number of rotatable bonds is 6. The summed E-state index contributed by atoms with van der Waals surface area (Å²) in [7, 11) is 0. The summed E-state index contributed by atoms with van der Waals surface area (Å²) >= 11 is 0. The largest absolute Gasteiger partial charge is 0.286 e. The Morgan fingerprint density at radius 1 is 0.677 bits per heavy atom. The number of guanidine groups is 1. The van der Waals surface area contributed by atoms with Gasteiger partial charge in [0, 0.05) is 31.3 Å². The zero-order valence-corrected chi connectivity index (χ0v) is 18.1. The Morgan fingerprint density at radius 2 is 1.19 bits per heavy atom. The molecule has 7 nitrogen and oxygen atoms in total. The van der Waals surface area contributed by atoms with E-state index in [1.165, 1.54) is 0 Å². The highest BCUT2D eigenvalue weighted by Crippen LogP contribution is 2.19. The number of hydrazine groups is 3. The molecular formula is C24H31N7. The van der Waals surface area contributed by atoms with Gasteiger partial charge in [0.05, 0.1) is 26.2 Å². The van der Waals surface area contributed by atoms with Gasteiger partial charge in [-0.3, -0.25) is 20.0 Å². The summed E-state index contributed by atoms with van der Waals surface area (Å²) in [6.07, 6.45) is 34.5. The second kappa shape index (κ2) is 10.4. The van der Waals surface area contributed by atoms with Crippen LogP contribution in [0.15, 0.2) is 103 Å². The lowest BCUT2D eigenvalue weighted by molar-refractivity contribution is -0.0800. The molecule has 0 spiro atoms. The Labute approximate surface area is 185 Å². The lowest BCUT2D eigenvalue weighted by Crippen LogP contribution is -2.61. The van der Waals surface area contributed by atoms with E-state index < -0.39 is 0 Å². The van der Waals surface area contributed by atoms with Crippen LogP contribution in [-0.2, 0) is 0 Å². The van der Waals surface area contributed by atoms with Crippen molar-refractivity contribution in [1.82, 2.24) is 30.2 Å². The number of hydrazone groups is 1. The van der Waals surface area contributed by atoms with Crippen LogP contribution in [0.25, 0.3) is 0 Å². The Kier molecular flexibility index (Phi) is 6.95. The fourth-order valence-corrected chi connectivity index (χ4v) is 3.61. The highest BCUT2D eigenvalue weighted by atomic mass is 15.9. The maximum Gasteiger partial charge on any atom is 0.277 e. The number of nitrogens with zero attached hydrogens (tertiary/aromatic N) is 7. The van der Waals surface area contributed by atoms with Crippen molar-refractivity contribution in [3.63, 3.8) is 0 Å². The van der Waals surface area contributed by atoms with E-state index in [9.17, 15) is 0 Å². The van der Waals surface area contributed by atoms with E-state index in [-0.39, 0.29) is 0 Å². The molecule has 0 amide bonds. The Morgan fingerprint density at radius 3 is 1.65 bits per heavy atom. The van der Waals surface area contributed by atoms with Gasteiger partial charge in [0.1, 0.15) is 0 Å². The van der Waals surface area contributed by atoms with E-state index >= 15 is 0 Å². The summed E-state index contributed by atoms with van der Waals surface area (Å²) in [5.74, 6) is 0.849. The van der Waals surface area contributed by atoms with Gasteiger partial charge in [0.25, 0.3) is 5.96 Å². The van der Waals surface area contributed by atoms with Crippen molar-refractivity contribution >= 4 is 5.96 Å². The maximum absolute atomic E-state index is 5.15. The molecule has 0 N–H and O–H groups in total. The number of hydrogen-bond acceptors (Lipinski definition) is 5. The molecule has 0 atom stereocenters. The van der Waals surface area contributed by atoms with Gasteiger partial charge in [0.15, 0.2) is 0 Å². The molecule has 0 saturated heterocycles. The average Bonchev–Trinajstić information content (AvgIpc) is 2.85. The average molecular weight is 418 g/mol. The van der Waals surface area contributed by atoms with Crippen molar-refractivity contribution in [1.29, 1.82) is 0 Å². The molecule has 0 unspecified atom stereocenters. The van der Waals surface area contributed by atoms with Crippen LogP contribution < -0.4 is 0 Å². The molecule has 4 heterocycles. The molecule has 0 radical (unpaired) electrons. The third-order valence-corrected chi connectivity index (χ3v) is 5.05. The summed E-state index contributed by atoms with van der Waals surface area (Å²) in [6.45, 7) is 6.15. The van der Waals surface area contributed by atoms with Gasteiger partial charge in [0.2, 0.25) is 0 Å². The smallest absolute Gasteiger partial charge is 0.277 e. The quantitative estimate of drug-likeness (QED) is 0.485. The molecule has 0 bridgehead atoms. The van der Waals surface area contributed by atoms with Crippen molar-refractivity contribution in [3.05, 3.63) is 97.7 Å². The van der Waals surface area contributed by atoms with Crippen molar-refractivity contribution in [3.8, 4) is 0 Å². The third kappa shape index (κ3) is 5.12. The van der Waals surface area contributed by atoms with E-state index in [0.717, 1.165) is 45.1 Å². The molecule has 0 aromatic rings. The van der Waals surface area contributed by atoms with Gasteiger partial charge >= 0.3 is 0 Å². The zero-order valence-electron chi connectivity index (χ0n) is 18.1. The molecule has 0 aliphatic carbocycles. The first kappa shape index (κ1) is 20.7. The molecule has 0 aromatic carbocycles. The molecule has 4 aliphatic rings. The predicted molar refractivity (Wildman–Crippen MR) is 126 cm³/mol. The number of allylic oxidation sites excluding steroid dienone is 8. The first-order chi connectivity index (χ1) is 15.4. The zero-order chi connectivity index (χ0) is 21.3. The molecule has 0 saturated carbocycles. The van der Waals surface area contributed by atoms with Crippen molar-refractivity contribution < 1.29 is 0 Å². The summed E-state index contributed by atoms with van der Waals surface area (Å²) in [6, 6.07) is 0. The lowest BCUT2D eigenvalue weighted by atomic mass is 10.3. The lowest BCUT2D eigenvalue weighted by Gasteiger charge is -2.48. The molecule has 31 heavy (non-hydrogen) atoms. The minimum absolute atomic E-state index is 0.745. The Balaban J connectivity index is 1.76. The topological polar surface area (TPSA) is 31.8 Å². The van der Waals surface area contributed by atoms with Gasteiger partial charge in [-0.25, -0.2) is 5.01 Å². The maximum atomic E-state index is 5.15. The van der Waals surface area contributed by atoms with Crippen LogP contribution in [0, 0.1) is 0 Å². The van der Waals surface area contributed by atoms with Gasteiger partial charge in [-0.15, -0.1) is 5.10 Å². The predicted octanol–water partition coefficient (Wildman–Crippen LogP) is 3.56. The first-order valence-electron chi connectivity index (χ1n) is 10.9. The fourth-order valence-electron chi connectivity index (χ4n) is 3.61. The van der Waals surface area contributed by atoms with Crippen LogP contribution in [0.5, 0.6) is 0 Å². The third-order valence-electron chi connectivity index (χ3n) is 5.05. The second-order valence-electron chi connectivity index (χ2n) is 7.38. The highest BCUT2D eigenvalue weighted by Gasteiger charge is 2.30. The SMILES string of the molecule is CCCN(/C(=N\N1C=CC=CC1)N(N1C=CC=CC1)N1C=CC=CC1)N1C=CC=CC1. The molecule has 7 heteroatoms. The van der Waals surface area contributed by atoms with Gasteiger partial charge < -0.3 is 0 Å². The minimum atomic E-state index is 0.745. The minimum Gasteiger partial charge on any atom is -0.286 e. The monoisotopic (exact) mass is 417 g/mol. The van der Waals surface area contributed by atoms with Gasteiger partial charge in [-0.1, -0.05) is 55.5 Å². The van der Waals surface area contributed by atoms with E-state index in [2.05, 4.69) is 118 Å². The standard InChI is InChI=1S/C24H31N7/c1-2-15-30(27-18-9-4-10-19-27)24(25-26-16-7-3-8-17-26)31(28-20-11-5-12-21-28)29-22-13-6-14-23-29/h3-14,16,18,20,22H,2,15,17,19,21,23H2,1H3/b25-24+.